The largest absolute Gasteiger partial charge is 0.465 e. The molecule has 0 spiro atoms. The summed E-state index contributed by atoms with van der Waals surface area (Å²) in [6.45, 7) is 0.105. The summed E-state index contributed by atoms with van der Waals surface area (Å²) in [5.74, 6) is -0.0275. The molecule has 0 radical (unpaired) electrons. The Hall–Kier alpha value is -1.07. The molecule has 0 aliphatic carbocycles. The highest BCUT2D eigenvalue weighted by molar-refractivity contribution is 7.98. The Kier molecular flexibility index (Phi) is 5.28. The molecule has 1 N–H and O–H groups in total. The van der Waals surface area contributed by atoms with E-state index in [9.17, 15) is 9.18 Å². The van der Waals surface area contributed by atoms with Crippen LogP contribution in [-0.2, 0) is 10.5 Å². The molecule has 3 nitrogen and oxygen atoms in total. The zero-order valence-corrected chi connectivity index (χ0v) is 9.72. The number of esters is 1. The first-order valence-electron chi connectivity index (χ1n) is 4.74. The number of methoxy groups -OCH3 is 1. The maximum atomic E-state index is 13.4. The number of hydrogen-bond donors (Lipinski definition) is 1. The van der Waals surface area contributed by atoms with Crippen molar-refractivity contribution in [3.05, 3.63) is 35.1 Å². The molecular formula is C11H13FO3S. The Morgan fingerprint density at radius 2 is 2.31 bits per heavy atom. The molecule has 1 aromatic rings. The van der Waals surface area contributed by atoms with Crippen molar-refractivity contribution in [2.75, 3.05) is 19.5 Å². The Morgan fingerprint density at radius 1 is 1.56 bits per heavy atom. The van der Waals surface area contributed by atoms with E-state index in [-0.39, 0.29) is 12.2 Å². The van der Waals surface area contributed by atoms with Crippen molar-refractivity contribution in [2.45, 2.75) is 5.75 Å². The minimum absolute atomic E-state index is 0.0570. The van der Waals surface area contributed by atoms with Crippen LogP contribution in [0.5, 0.6) is 0 Å². The van der Waals surface area contributed by atoms with Gasteiger partial charge in [-0.2, -0.15) is 11.8 Å². The normalized spacial score (nSPS) is 10.2. The molecule has 0 unspecified atom stereocenters. The summed E-state index contributed by atoms with van der Waals surface area (Å²) in [6.07, 6.45) is 0. The molecule has 0 bridgehead atoms. The van der Waals surface area contributed by atoms with E-state index in [1.807, 2.05) is 0 Å². The first-order chi connectivity index (χ1) is 7.69. The van der Waals surface area contributed by atoms with Crippen LogP contribution in [0.15, 0.2) is 18.2 Å². The molecule has 88 valence electrons. The molecule has 0 saturated heterocycles. The summed E-state index contributed by atoms with van der Waals surface area (Å²) in [5.41, 5.74) is 0.724. The van der Waals surface area contributed by atoms with Crippen LogP contribution in [0.3, 0.4) is 0 Å². The van der Waals surface area contributed by atoms with Crippen molar-refractivity contribution in [3.8, 4) is 0 Å². The minimum atomic E-state index is -0.674. The van der Waals surface area contributed by atoms with Crippen molar-refractivity contribution in [1.82, 2.24) is 0 Å². The number of rotatable bonds is 5. The predicted molar refractivity (Wildman–Crippen MR) is 61.0 cm³/mol. The molecule has 16 heavy (non-hydrogen) atoms. The standard InChI is InChI=1S/C11H13FO3S/c1-15-11(14)9-3-2-8(6-10(9)12)7-16-5-4-13/h2-3,6,13H,4-5,7H2,1H3. The fraction of sp³-hybridized carbons (Fsp3) is 0.364. The number of thioether (sulfide) groups is 1. The van der Waals surface area contributed by atoms with Crippen LogP contribution in [-0.4, -0.2) is 30.5 Å². The van der Waals surface area contributed by atoms with Gasteiger partial charge in [-0.05, 0) is 17.7 Å². The first kappa shape index (κ1) is 13.0. The molecule has 1 aromatic carbocycles. The van der Waals surface area contributed by atoms with Crippen LogP contribution in [0.25, 0.3) is 0 Å². The van der Waals surface area contributed by atoms with Crippen molar-refractivity contribution in [2.24, 2.45) is 0 Å². The molecule has 0 fully saturated rings. The summed E-state index contributed by atoms with van der Waals surface area (Å²) in [5, 5.41) is 8.59. The van der Waals surface area contributed by atoms with Crippen molar-refractivity contribution in [3.63, 3.8) is 0 Å². The number of carbonyl (C=O) groups excluding carboxylic acids is 1. The van der Waals surface area contributed by atoms with Gasteiger partial charge in [0.2, 0.25) is 0 Å². The average Bonchev–Trinajstić information content (AvgIpc) is 2.29. The molecule has 0 aliphatic heterocycles. The Balaban J connectivity index is 2.71. The van der Waals surface area contributed by atoms with Crippen molar-refractivity contribution in [1.29, 1.82) is 0 Å². The fourth-order valence-corrected chi connectivity index (χ4v) is 1.87. The third-order valence-corrected chi connectivity index (χ3v) is 2.95. The number of aliphatic hydroxyl groups excluding tert-OH is 1. The molecule has 0 aliphatic rings. The second-order valence-corrected chi connectivity index (χ2v) is 4.19. The summed E-state index contributed by atoms with van der Waals surface area (Å²) in [6, 6.07) is 4.41. The van der Waals surface area contributed by atoms with Crippen LogP contribution in [0, 0.1) is 5.82 Å². The molecule has 1 rings (SSSR count). The fourth-order valence-electron chi connectivity index (χ4n) is 1.18. The number of benzene rings is 1. The van der Waals surface area contributed by atoms with Crippen molar-refractivity contribution >= 4 is 17.7 Å². The monoisotopic (exact) mass is 244 g/mol. The van der Waals surface area contributed by atoms with Gasteiger partial charge in [0.25, 0.3) is 0 Å². The minimum Gasteiger partial charge on any atom is -0.465 e. The van der Waals surface area contributed by atoms with E-state index in [4.69, 9.17) is 5.11 Å². The average molecular weight is 244 g/mol. The lowest BCUT2D eigenvalue weighted by atomic mass is 10.1. The smallest absolute Gasteiger partial charge is 0.340 e. The lowest BCUT2D eigenvalue weighted by Crippen LogP contribution is -2.04. The van der Waals surface area contributed by atoms with E-state index in [2.05, 4.69) is 4.74 Å². The Bertz CT molecular complexity index is 368. The molecule has 5 heteroatoms. The van der Waals surface area contributed by atoms with E-state index in [1.165, 1.54) is 31.0 Å². The van der Waals surface area contributed by atoms with Crippen LogP contribution in [0.4, 0.5) is 4.39 Å². The summed E-state index contributed by atoms with van der Waals surface area (Å²) < 4.78 is 17.9. The zero-order chi connectivity index (χ0) is 12.0. The highest BCUT2D eigenvalue weighted by Crippen LogP contribution is 2.16. The lowest BCUT2D eigenvalue weighted by molar-refractivity contribution is 0.0595. The van der Waals surface area contributed by atoms with Crippen LogP contribution in [0.2, 0.25) is 0 Å². The van der Waals surface area contributed by atoms with Gasteiger partial charge in [0.1, 0.15) is 5.82 Å². The maximum Gasteiger partial charge on any atom is 0.340 e. The first-order valence-corrected chi connectivity index (χ1v) is 5.90. The van der Waals surface area contributed by atoms with Gasteiger partial charge >= 0.3 is 5.97 Å². The number of hydrogen-bond acceptors (Lipinski definition) is 4. The van der Waals surface area contributed by atoms with Crippen LogP contribution in [0.1, 0.15) is 15.9 Å². The van der Waals surface area contributed by atoms with Gasteiger partial charge in [-0.1, -0.05) is 6.07 Å². The predicted octanol–water partition coefficient (Wildman–Crippen LogP) is 1.84. The number of aliphatic hydroxyl groups is 1. The van der Waals surface area contributed by atoms with E-state index >= 15 is 0 Å². The summed E-state index contributed by atoms with van der Waals surface area (Å²) in [7, 11) is 1.22. The molecular weight excluding hydrogens is 231 g/mol. The van der Waals surface area contributed by atoms with Gasteiger partial charge in [0.15, 0.2) is 0 Å². The molecule has 0 atom stereocenters. The SMILES string of the molecule is COC(=O)c1ccc(CSCCO)cc1F. The summed E-state index contributed by atoms with van der Waals surface area (Å²) in [4.78, 5) is 11.1. The summed E-state index contributed by atoms with van der Waals surface area (Å²) >= 11 is 1.50. The second-order valence-electron chi connectivity index (χ2n) is 3.08. The van der Waals surface area contributed by atoms with Crippen LogP contribution >= 0.6 is 11.8 Å². The van der Waals surface area contributed by atoms with Gasteiger partial charge in [-0.25, -0.2) is 9.18 Å². The van der Waals surface area contributed by atoms with E-state index in [1.54, 1.807) is 6.07 Å². The molecule has 0 heterocycles. The highest BCUT2D eigenvalue weighted by atomic mass is 32.2. The maximum absolute atomic E-state index is 13.4. The second kappa shape index (κ2) is 6.50. The van der Waals surface area contributed by atoms with E-state index in [0.717, 1.165) is 5.56 Å². The van der Waals surface area contributed by atoms with Gasteiger partial charge in [-0.15, -0.1) is 0 Å². The number of carbonyl (C=O) groups is 1. The molecule has 0 amide bonds. The van der Waals surface area contributed by atoms with E-state index in [0.29, 0.717) is 11.5 Å². The van der Waals surface area contributed by atoms with Crippen molar-refractivity contribution < 1.29 is 19.0 Å². The Labute approximate surface area is 97.6 Å². The lowest BCUT2D eigenvalue weighted by Gasteiger charge is -2.04. The topological polar surface area (TPSA) is 46.5 Å². The van der Waals surface area contributed by atoms with Crippen LogP contribution < -0.4 is 0 Å². The van der Waals surface area contributed by atoms with Gasteiger partial charge in [0, 0.05) is 11.5 Å². The van der Waals surface area contributed by atoms with Gasteiger partial charge in [-0.3, -0.25) is 0 Å². The van der Waals surface area contributed by atoms with Gasteiger partial charge in [0.05, 0.1) is 19.3 Å². The molecule has 0 saturated carbocycles. The van der Waals surface area contributed by atoms with Gasteiger partial charge < -0.3 is 9.84 Å². The number of ether oxygens (including phenoxy) is 1. The quantitative estimate of drug-likeness (QED) is 0.634. The highest BCUT2D eigenvalue weighted by Gasteiger charge is 2.11. The number of halogens is 1. The zero-order valence-electron chi connectivity index (χ0n) is 8.90. The molecule has 0 aromatic heterocycles. The third kappa shape index (κ3) is 3.50. The van der Waals surface area contributed by atoms with E-state index < -0.39 is 11.8 Å². The third-order valence-electron chi connectivity index (χ3n) is 1.94. The Morgan fingerprint density at radius 3 is 2.88 bits per heavy atom.